The van der Waals surface area contributed by atoms with E-state index in [2.05, 4.69) is 5.92 Å². The van der Waals surface area contributed by atoms with Crippen LogP contribution in [0.5, 0.6) is 0 Å². The van der Waals surface area contributed by atoms with E-state index in [-0.39, 0.29) is 17.2 Å². The van der Waals surface area contributed by atoms with Crippen LogP contribution in [0.4, 0.5) is 0 Å². The summed E-state index contributed by atoms with van der Waals surface area (Å²) in [7, 11) is 0. The van der Waals surface area contributed by atoms with Crippen molar-refractivity contribution in [2.45, 2.75) is 33.1 Å². The second-order valence-electron chi connectivity index (χ2n) is 4.41. The molecule has 2 amide bonds. The maximum Gasteiger partial charge on any atom is 0.229 e. The molecule has 0 radical (unpaired) electrons. The topological polar surface area (TPSA) is 37.4 Å². The van der Waals surface area contributed by atoms with Gasteiger partial charge in [-0.15, -0.1) is 12.3 Å². The maximum atomic E-state index is 11.6. The van der Waals surface area contributed by atoms with E-state index >= 15 is 0 Å². The normalized spacial score (nSPS) is 20.8. The lowest BCUT2D eigenvalue weighted by Crippen LogP contribution is -2.46. The number of carbonyl (C=O) groups excluding carboxylic acids is 2. The Hall–Kier alpha value is -1.30. The van der Waals surface area contributed by atoms with Crippen LogP contribution in [-0.2, 0) is 9.59 Å². The molecule has 0 spiro atoms. The molecule has 0 aromatic heterocycles. The predicted octanol–water partition coefficient (Wildman–Crippen LogP) is 1.18. The first-order valence-corrected chi connectivity index (χ1v) is 4.73. The summed E-state index contributed by atoms with van der Waals surface area (Å²) in [6, 6.07) is 0. The number of piperidine rings is 1. The number of nitrogens with zero attached hydrogens (tertiary/aromatic N) is 1. The summed E-state index contributed by atoms with van der Waals surface area (Å²) in [6.45, 7) is 4.23. The van der Waals surface area contributed by atoms with Gasteiger partial charge in [0, 0.05) is 25.8 Å². The summed E-state index contributed by atoms with van der Waals surface area (Å²) in [5, 5.41) is 0. The van der Waals surface area contributed by atoms with Crippen LogP contribution in [0, 0.1) is 17.8 Å². The summed E-state index contributed by atoms with van der Waals surface area (Å²) in [6.07, 6.45) is 6.40. The SMILES string of the molecule is C#CCCN1C(=O)CC(C)(C)CC1=O. The molecule has 1 saturated heterocycles. The minimum atomic E-state index is -0.194. The molecule has 14 heavy (non-hydrogen) atoms. The highest BCUT2D eigenvalue weighted by Gasteiger charge is 2.36. The van der Waals surface area contributed by atoms with Gasteiger partial charge in [-0.2, -0.15) is 0 Å². The largest absolute Gasteiger partial charge is 0.282 e. The zero-order chi connectivity index (χ0) is 10.8. The van der Waals surface area contributed by atoms with Gasteiger partial charge in [0.15, 0.2) is 0 Å². The molecule has 0 N–H and O–H groups in total. The lowest BCUT2D eigenvalue weighted by Gasteiger charge is -2.34. The predicted molar refractivity (Wildman–Crippen MR) is 53.2 cm³/mol. The molecule has 0 unspecified atom stereocenters. The van der Waals surface area contributed by atoms with Crippen LogP contribution in [0.3, 0.4) is 0 Å². The van der Waals surface area contributed by atoms with Crippen LogP contribution >= 0.6 is 0 Å². The van der Waals surface area contributed by atoms with E-state index < -0.39 is 0 Å². The van der Waals surface area contributed by atoms with Crippen molar-refractivity contribution in [3.05, 3.63) is 0 Å². The fraction of sp³-hybridized carbons (Fsp3) is 0.636. The second-order valence-corrected chi connectivity index (χ2v) is 4.41. The molecule has 1 heterocycles. The average molecular weight is 193 g/mol. The fourth-order valence-corrected chi connectivity index (χ4v) is 1.64. The lowest BCUT2D eigenvalue weighted by molar-refractivity contribution is -0.152. The Morgan fingerprint density at radius 1 is 1.36 bits per heavy atom. The third kappa shape index (κ3) is 2.35. The molecule has 0 aromatic rings. The fourth-order valence-electron chi connectivity index (χ4n) is 1.64. The zero-order valence-electron chi connectivity index (χ0n) is 8.67. The van der Waals surface area contributed by atoms with Crippen molar-refractivity contribution >= 4 is 11.8 Å². The summed E-state index contributed by atoms with van der Waals surface area (Å²) in [4.78, 5) is 24.4. The molecule has 1 aliphatic rings. The molecule has 76 valence electrons. The third-order valence-electron chi connectivity index (χ3n) is 2.34. The number of rotatable bonds is 2. The first kappa shape index (κ1) is 10.8. The smallest absolute Gasteiger partial charge is 0.229 e. The molecular formula is C11H15NO2. The van der Waals surface area contributed by atoms with E-state index in [0.29, 0.717) is 25.8 Å². The van der Waals surface area contributed by atoms with Gasteiger partial charge in [-0.25, -0.2) is 0 Å². The summed E-state index contributed by atoms with van der Waals surface area (Å²) in [5.74, 6) is 2.24. The molecule has 0 aliphatic carbocycles. The van der Waals surface area contributed by atoms with Crippen LogP contribution in [0.25, 0.3) is 0 Å². The van der Waals surface area contributed by atoms with E-state index in [4.69, 9.17) is 6.42 Å². The van der Waals surface area contributed by atoms with Gasteiger partial charge in [-0.3, -0.25) is 14.5 Å². The number of hydrogen-bond acceptors (Lipinski definition) is 2. The van der Waals surface area contributed by atoms with Crippen LogP contribution in [0.2, 0.25) is 0 Å². The van der Waals surface area contributed by atoms with Crippen LogP contribution in [0.15, 0.2) is 0 Å². The molecule has 1 fully saturated rings. The monoisotopic (exact) mass is 193 g/mol. The van der Waals surface area contributed by atoms with Crippen molar-refractivity contribution in [1.29, 1.82) is 0 Å². The number of carbonyl (C=O) groups is 2. The van der Waals surface area contributed by atoms with Crippen molar-refractivity contribution in [3.63, 3.8) is 0 Å². The van der Waals surface area contributed by atoms with E-state index in [1.54, 1.807) is 0 Å². The Balaban J connectivity index is 2.67. The molecule has 1 aliphatic heterocycles. The molecule has 3 nitrogen and oxygen atoms in total. The van der Waals surface area contributed by atoms with Crippen LogP contribution < -0.4 is 0 Å². The Bertz CT molecular complexity index is 279. The summed E-state index contributed by atoms with van der Waals surface area (Å²) >= 11 is 0. The first-order valence-electron chi connectivity index (χ1n) is 4.73. The highest BCUT2D eigenvalue weighted by molar-refractivity contribution is 5.98. The van der Waals surface area contributed by atoms with Gasteiger partial charge < -0.3 is 0 Å². The van der Waals surface area contributed by atoms with Crippen molar-refractivity contribution < 1.29 is 9.59 Å². The molecular weight excluding hydrogens is 178 g/mol. The number of imide groups is 1. The van der Waals surface area contributed by atoms with Crippen molar-refractivity contribution in [3.8, 4) is 12.3 Å². The van der Waals surface area contributed by atoms with Crippen LogP contribution in [-0.4, -0.2) is 23.3 Å². The van der Waals surface area contributed by atoms with Crippen LogP contribution in [0.1, 0.15) is 33.1 Å². The quantitative estimate of drug-likeness (QED) is 0.488. The highest BCUT2D eigenvalue weighted by Crippen LogP contribution is 2.31. The van der Waals surface area contributed by atoms with Crippen molar-refractivity contribution in [1.82, 2.24) is 4.90 Å². The number of terminal acetylenes is 1. The highest BCUT2D eigenvalue weighted by atomic mass is 16.2. The Kier molecular flexibility index (Phi) is 2.95. The summed E-state index contributed by atoms with van der Waals surface area (Å²) in [5.41, 5.74) is -0.194. The van der Waals surface area contributed by atoms with Gasteiger partial charge in [0.25, 0.3) is 0 Å². The van der Waals surface area contributed by atoms with Gasteiger partial charge in [0.05, 0.1) is 0 Å². The van der Waals surface area contributed by atoms with Gasteiger partial charge >= 0.3 is 0 Å². The van der Waals surface area contributed by atoms with E-state index in [0.717, 1.165) is 0 Å². The standard InChI is InChI=1S/C11H15NO2/c1-4-5-6-12-9(13)7-11(2,3)8-10(12)14/h1H,5-8H2,2-3H3. The molecule has 1 rings (SSSR count). The maximum absolute atomic E-state index is 11.6. The number of amides is 2. The third-order valence-corrected chi connectivity index (χ3v) is 2.34. The minimum Gasteiger partial charge on any atom is -0.282 e. The van der Waals surface area contributed by atoms with Crippen molar-refractivity contribution in [2.24, 2.45) is 5.41 Å². The Morgan fingerprint density at radius 3 is 2.29 bits per heavy atom. The van der Waals surface area contributed by atoms with Gasteiger partial charge in [0.1, 0.15) is 0 Å². The van der Waals surface area contributed by atoms with Crippen molar-refractivity contribution in [2.75, 3.05) is 6.54 Å². The molecule has 0 aromatic carbocycles. The molecule has 3 heteroatoms. The second kappa shape index (κ2) is 3.83. The summed E-state index contributed by atoms with van der Waals surface area (Å²) < 4.78 is 0. The number of likely N-dealkylation sites (tertiary alicyclic amines) is 1. The zero-order valence-corrected chi connectivity index (χ0v) is 8.67. The molecule has 0 saturated carbocycles. The van der Waals surface area contributed by atoms with Gasteiger partial charge in [0.2, 0.25) is 11.8 Å². The van der Waals surface area contributed by atoms with E-state index in [1.807, 2.05) is 13.8 Å². The average Bonchev–Trinajstić information content (AvgIpc) is 2.00. The molecule has 0 atom stereocenters. The Labute approximate surface area is 84.5 Å². The Morgan fingerprint density at radius 2 is 1.86 bits per heavy atom. The number of hydrogen-bond donors (Lipinski definition) is 0. The lowest BCUT2D eigenvalue weighted by atomic mass is 9.82. The van der Waals surface area contributed by atoms with Gasteiger partial charge in [-0.05, 0) is 5.41 Å². The molecule has 0 bridgehead atoms. The van der Waals surface area contributed by atoms with E-state index in [1.165, 1.54) is 4.90 Å². The van der Waals surface area contributed by atoms with E-state index in [9.17, 15) is 9.59 Å². The first-order chi connectivity index (χ1) is 6.46. The minimum absolute atomic E-state index is 0.0958. The van der Waals surface area contributed by atoms with Gasteiger partial charge in [-0.1, -0.05) is 13.8 Å².